The van der Waals surface area contributed by atoms with E-state index in [1.165, 1.54) is 11.3 Å². The number of carbonyl (C=O) groups is 2. The van der Waals surface area contributed by atoms with E-state index in [0.717, 1.165) is 6.42 Å². The van der Waals surface area contributed by atoms with E-state index in [2.05, 4.69) is 4.98 Å². The number of aromatic nitrogens is 1. The Hall–Kier alpha value is -1.67. The van der Waals surface area contributed by atoms with Gasteiger partial charge in [-0.15, -0.1) is 11.3 Å². The molecular weight excluding hydrogens is 320 g/mol. The standard InChI is InChI=1S/C15H20N2O5S/c1-3-4-20-6-9-5-15(11(18)21-9)8-14(2,22-12(15)19)10-7-23-13(16)17-10/h7,9H,3-6,8H2,1-2H3,(H2,16,17)/t9-,14+,15-/m1/s1. The molecule has 1 spiro atoms. The Morgan fingerprint density at radius 1 is 1.48 bits per heavy atom. The summed E-state index contributed by atoms with van der Waals surface area (Å²) in [6.07, 6.45) is 0.968. The van der Waals surface area contributed by atoms with Crippen molar-refractivity contribution in [3.8, 4) is 0 Å². The van der Waals surface area contributed by atoms with Crippen LogP contribution in [0.1, 0.15) is 38.8 Å². The highest BCUT2D eigenvalue weighted by atomic mass is 32.1. The molecule has 2 fully saturated rings. The van der Waals surface area contributed by atoms with E-state index in [0.29, 0.717) is 24.0 Å². The lowest BCUT2D eigenvalue weighted by molar-refractivity contribution is -0.160. The molecule has 0 radical (unpaired) electrons. The first-order valence-corrected chi connectivity index (χ1v) is 8.51. The van der Waals surface area contributed by atoms with E-state index in [9.17, 15) is 9.59 Å². The molecule has 126 valence electrons. The Morgan fingerprint density at radius 2 is 2.26 bits per heavy atom. The number of ether oxygens (including phenoxy) is 3. The predicted molar refractivity (Wildman–Crippen MR) is 82.6 cm³/mol. The molecule has 0 bridgehead atoms. The molecule has 0 aromatic carbocycles. The minimum atomic E-state index is -1.26. The second-order valence-corrected chi connectivity index (χ2v) is 7.15. The normalized spacial score (nSPS) is 33.2. The van der Waals surface area contributed by atoms with Gasteiger partial charge in [-0.3, -0.25) is 9.59 Å². The lowest BCUT2D eigenvalue weighted by Crippen LogP contribution is -2.32. The fraction of sp³-hybridized carbons (Fsp3) is 0.667. The summed E-state index contributed by atoms with van der Waals surface area (Å²) in [4.78, 5) is 29.0. The van der Waals surface area contributed by atoms with Gasteiger partial charge in [0.2, 0.25) is 0 Å². The zero-order chi connectivity index (χ0) is 16.7. The molecule has 1 aromatic rings. The van der Waals surface area contributed by atoms with Crippen molar-refractivity contribution < 1.29 is 23.8 Å². The zero-order valence-corrected chi connectivity index (χ0v) is 14.0. The number of nitrogens with two attached hydrogens (primary N) is 1. The van der Waals surface area contributed by atoms with Crippen molar-refractivity contribution in [1.29, 1.82) is 0 Å². The Morgan fingerprint density at radius 3 is 2.91 bits per heavy atom. The number of esters is 2. The molecule has 3 rings (SSSR count). The Kier molecular flexibility index (Phi) is 4.05. The maximum atomic E-state index is 12.5. The molecular formula is C15H20N2O5S. The summed E-state index contributed by atoms with van der Waals surface area (Å²) in [5, 5.41) is 2.15. The van der Waals surface area contributed by atoms with Crippen molar-refractivity contribution in [1.82, 2.24) is 4.98 Å². The van der Waals surface area contributed by atoms with Crippen molar-refractivity contribution in [3.63, 3.8) is 0 Å². The number of nitrogens with zero attached hydrogens (tertiary/aromatic N) is 1. The van der Waals surface area contributed by atoms with Crippen molar-refractivity contribution in [2.45, 2.75) is 44.8 Å². The van der Waals surface area contributed by atoms with Gasteiger partial charge in [-0.05, 0) is 13.3 Å². The van der Waals surface area contributed by atoms with Crippen LogP contribution in [0, 0.1) is 5.41 Å². The van der Waals surface area contributed by atoms with Crippen molar-refractivity contribution in [2.75, 3.05) is 18.9 Å². The van der Waals surface area contributed by atoms with Gasteiger partial charge < -0.3 is 19.9 Å². The zero-order valence-electron chi connectivity index (χ0n) is 13.2. The van der Waals surface area contributed by atoms with Gasteiger partial charge in [-0.2, -0.15) is 0 Å². The van der Waals surface area contributed by atoms with E-state index in [1.54, 1.807) is 12.3 Å². The van der Waals surface area contributed by atoms with Crippen LogP contribution in [0.25, 0.3) is 0 Å². The van der Waals surface area contributed by atoms with Crippen LogP contribution in [-0.2, 0) is 29.4 Å². The average Bonchev–Trinajstić information content (AvgIpc) is 3.11. The Labute approximate surface area is 138 Å². The fourth-order valence-electron chi connectivity index (χ4n) is 3.20. The first-order valence-electron chi connectivity index (χ1n) is 7.63. The average molecular weight is 340 g/mol. The number of carbonyl (C=O) groups excluding carboxylic acids is 2. The molecule has 7 nitrogen and oxygen atoms in total. The Bertz CT molecular complexity index is 633. The highest BCUT2D eigenvalue weighted by Crippen LogP contribution is 2.52. The monoisotopic (exact) mass is 340 g/mol. The van der Waals surface area contributed by atoms with Crippen LogP contribution in [0.15, 0.2) is 5.38 Å². The molecule has 0 amide bonds. The third kappa shape index (κ3) is 2.70. The van der Waals surface area contributed by atoms with Crippen LogP contribution in [-0.4, -0.2) is 36.2 Å². The van der Waals surface area contributed by atoms with Crippen LogP contribution < -0.4 is 5.73 Å². The molecule has 3 heterocycles. The minimum absolute atomic E-state index is 0.213. The van der Waals surface area contributed by atoms with E-state index >= 15 is 0 Å². The highest BCUT2D eigenvalue weighted by molar-refractivity contribution is 7.13. The molecule has 8 heteroatoms. The third-order valence-electron chi connectivity index (χ3n) is 4.30. The second kappa shape index (κ2) is 5.76. The SMILES string of the molecule is CCCOC[C@H]1C[C@@]2(C[C@@](C)(c3csc(N)n3)OC2=O)C(=O)O1. The third-order valence-corrected chi connectivity index (χ3v) is 4.98. The van der Waals surface area contributed by atoms with Gasteiger partial charge in [0.1, 0.15) is 6.10 Å². The summed E-state index contributed by atoms with van der Waals surface area (Å²) in [6, 6.07) is 0. The van der Waals surface area contributed by atoms with Crippen molar-refractivity contribution >= 4 is 28.4 Å². The molecule has 2 aliphatic heterocycles. The topological polar surface area (TPSA) is 101 Å². The van der Waals surface area contributed by atoms with Gasteiger partial charge >= 0.3 is 11.9 Å². The number of anilines is 1. The van der Waals surface area contributed by atoms with Crippen LogP contribution in [0.5, 0.6) is 0 Å². The highest BCUT2D eigenvalue weighted by Gasteiger charge is 2.65. The molecule has 3 atom stereocenters. The maximum Gasteiger partial charge on any atom is 0.324 e. The summed E-state index contributed by atoms with van der Waals surface area (Å²) in [5.74, 6) is -1.07. The number of nitrogen functional groups attached to an aromatic ring is 1. The first kappa shape index (κ1) is 16.2. The lowest BCUT2D eigenvalue weighted by atomic mass is 9.78. The molecule has 2 N–H and O–H groups in total. The van der Waals surface area contributed by atoms with Crippen LogP contribution in [0.2, 0.25) is 0 Å². The summed E-state index contributed by atoms with van der Waals surface area (Å²) < 4.78 is 16.3. The van der Waals surface area contributed by atoms with E-state index in [4.69, 9.17) is 19.9 Å². The lowest BCUT2D eigenvalue weighted by Gasteiger charge is -2.20. The number of hydrogen-bond acceptors (Lipinski definition) is 8. The predicted octanol–water partition coefficient (Wildman–Crippen LogP) is 1.62. The smallest absolute Gasteiger partial charge is 0.324 e. The van der Waals surface area contributed by atoms with Crippen LogP contribution in [0.3, 0.4) is 0 Å². The molecule has 23 heavy (non-hydrogen) atoms. The molecule has 0 unspecified atom stereocenters. The van der Waals surface area contributed by atoms with E-state index in [-0.39, 0.29) is 12.8 Å². The molecule has 0 aliphatic carbocycles. The van der Waals surface area contributed by atoms with Crippen LogP contribution in [0.4, 0.5) is 5.13 Å². The van der Waals surface area contributed by atoms with Gasteiger partial charge in [-0.25, -0.2) is 4.98 Å². The largest absolute Gasteiger partial charge is 0.459 e. The summed E-state index contributed by atoms with van der Waals surface area (Å²) in [6.45, 7) is 4.65. The van der Waals surface area contributed by atoms with Crippen molar-refractivity contribution in [2.24, 2.45) is 5.41 Å². The summed E-state index contributed by atoms with van der Waals surface area (Å²) >= 11 is 1.28. The van der Waals surface area contributed by atoms with E-state index in [1.807, 2.05) is 6.92 Å². The van der Waals surface area contributed by atoms with Gasteiger partial charge in [0, 0.05) is 24.8 Å². The van der Waals surface area contributed by atoms with Gasteiger partial charge in [-0.1, -0.05) is 6.92 Å². The number of thiazole rings is 1. The van der Waals surface area contributed by atoms with E-state index < -0.39 is 29.1 Å². The fourth-order valence-corrected chi connectivity index (χ4v) is 3.89. The molecule has 2 saturated heterocycles. The first-order chi connectivity index (χ1) is 10.9. The van der Waals surface area contributed by atoms with Gasteiger partial charge in [0.15, 0.2) is 16.1 Å². The molecule has 1 aromatic heterocycles. The molecule has 0 saturated carbocycles. The number of hydrogen-bond donors (Lipinski definition) is 1. The maximum absolute atomic E-state index is 12.5. The summed E-state index contributed by atoms with van der Waals surface area (Å²) in [7, 11) is 0. The Balaban J connectivity index is 1.77. The van der Waals surface area contributed by atoms with Crippen molar-refractivity contribution in [3.05, 3.63) is 11.1 Å². The van der Waals surface area contributed by atoms with Crippen LogP contribution >= 0.6 is 11.3 Å². The second-order valence-electron chi connectivity index (χ2n) is 6.26. The number of cyclic esters (lactones) is 2. The quantitative estimate of drug-likeness (QED) is 0.494. The summed E-state index contributed by atoms with van der Waals surface area (Å²) in [5.41, 5.74) is 4.02. The molecule has 2 aliphatic rings. The number of rotatable bonds is 5. The van der Waals surface area contributed by atoms with Gasteiger partial charge in [0.05, 0.1) is 12.3 Å². The van der Waals surface area contributed by atoms with Gasteiger partial charge in [0.25, 0.3) is 0 Å². The minimum Gasteiger partial charge on any atom is -0.459 e.